The van der Waals surface area contributed by atoms with Gasteiger partial charge in [0.2, 0.25) is 11.8 Å². The fourth-order valence-corrected chi connectivity index (χ4v) is 2.95. The number of rotatable bonds is 3. The van der Waals surface area contributed by atoms with Gasteiger partial charge in [-0.05, 0) is 32.2 Å². The van der Waals surface area contributed by atoms with E-state index in [0.717, 1.165) is 45.1 Å². The predicted molar refractivity (Wildman–Crippen MR) is 69.5 cm³/mol. The van der Waals surface area contributed by atoms with Crippen LogP contribution in [0, 0.1) is 5.41 Å². The van der Waals surface area contributed by atoms with Crippen LogP contribution >= 0.6 is 0 Å². The second kappa shape index (κ2) is 4.92. The van der Waals surface area contributed by atoms with Crippen molar-refractivity contribution in [2.75, 3.05) is 11.9 Å². The number of amides is 1. The van der Waals surface area contributed by atoms with Crippen LogP contribution in [0.5, 0.6) is 0 Å². The van der Waals surface area contributed by atoms with Gasteiger partial charge in [-0.2, -0.15) is 0 Å². The third-order valence-corrected chi connectivity index (χ3v) is 4.27. The molecule has 19 heavy (non-hydrogen) atoms. The van der Waals surface area contributed by atoms with Crippen molar-refractivity contribution in [1.29, 1.82) is 0 Å². The standard InChI is InChI=1S/C13H20N4O2/c1-13(6-2-3-7-13)11(18)15-12-17-16-10(19-12)9-5-4-8-14-9/h9,14H,2-8H2,1H3,(H,15,17,18). The zero-order valence-corrected chi connectivity index (χ0v) is 11.2. The van der Waals surface area contributed by atoms with Crippen LogP contribution < -0.4 is 10.6 Å². The quantitative estimate of drug-likeness (QED) is 0.873. The molecule has 2 N–H and O–H groups in total. The van der Waals surface area contributed by atoms with E-state index in [1.165, 1.54) is 0 Å². The van der Waals surface area contributed by atoms with Crippen LogP contribution in [-0.2, 0) is 4.79 Å². The highest BCUT2D eigenvalue weighted by atomic mass is 16.4. The number of hydrogen-bond donors (Lipinski definition) is 2. The summed E-state index contributed by atoms with van der Waals surface area (Å²) in [4.78, 5) is 12.2. The molecule has 1 saturated heterocycles. The Balaban J connectivity index is 1.65. The summed E-state index contributed by atoms with van der Waals surface area (Å²) in [6.07, 6.45) is 6.23. The first-order chi connectivity index (χ1) is 9.17. The summed E-state index contributed by atoms with van der Waals surface area (Å²) < 4.78 is 5.53. The zero-order valence-electron chi connectivity index (χ0n) is 11.2. The van der Waals surface area contributed by atoms with Crippen molar-refractivity contribution in [3.05, 3.63) is 5.89 Å². The van der Waals surface area contributed by atoms with Gasteiger partial charge in [0.15, 0.2) is 0 Å². The highest BCUT2D eigenvalue weighted by molar-refractivity contribution is 5.93. The van der Waals surface area contributed by atoms with Gasteiger partial charge in [-0.15, -0.1) is 5.10 Å². The summed E-state index contributed by atoms with van der Waals surface area (Å²) in [6, 6.07) is 0.363. The Hall–Kier alpha value is -1.43. The summed E-state index contributed by atoms with van der Waals surface area (Å²) in [7, 11) is 0. The van der Waals surface area contributed by atoms with E-state index >= 15 is 0 Å². The molecule has 1 unspecified atom stereocenters. The minimum Gasteiger partial charge on any atom is -0.406 e. The van der Waals surface area contributed by atoms with E-state index < -0.39 is 0 Å². The van der Waals surface area contributed by atoms with Crippen molar-refractivity contribution in [2.24, 2.45) is 5.41 Å². The molecule has 0 aromatic carbocycles. The molecule has 1 atom stereocenters. The number of anilines is 1. The van der Waals surface area contributed by atoms with E-state index in [1.54, 1.807) is 0 Å². The first-order valence-electron chi connectivity index (χ1n) is 7.06. The average Bonchev–Trinajstić information content (AvgIpc) is 3.08. The van der Waals surface area contributed by atoms with Crippen LogP contribution in [0.2, 0.25) is 0 Å². The first kappa shape index (κ1) is 12.6. The normalized spacial score (nSPS) is 25.6. The lowest BCUT2D eigenvalue weighted by atomic mass is 9.88. The van der Waals surface area contributed by atoms with Crippen molar-refractivity contribution < 1.29 is 9.21 Å². The number of carbonyl (C=O) groups excluding carboxylic acids is 1. The van der Waals surface area contributed by atoms with Crippen LogP contribution in [0.3, 0.4) is 0 Å². The van der Waals surface area contributed by atoms with Crippen molar-refractivity contribution >= 4 is 11.9 Å². The van der Waals surface area contributed by atoms with Crippen molar-refractivity contribution in [1.82, 2.24) is 15.5 Å². The lowest BCUT2D eigenvalue weighted by Crippen LogP contribution is -2.30. The fraction of sp³-hybridized carbons (Fsp3) is 0.769. The van der Waals surface area contributed by atoms with E-state index in [9.17, 15) is 4.79 Å². The number of nitrogens with zero attached hydrogens (tertiary/aromatic N) is 2. The highest BCUT2D eigenvalue weighted by Crippen LogP contribution is 2.38. The Morgan fingerprint density at radius 2 is 2.16 bits per heavy atom. The highest BCUT2D eigenvalue weighted by Gasteiger charge is 2.37. The molecule has 2 aliphatic rings. The molecule has 1 saturated carbocycles. The summed E-state index contributed by atoms with van der Waals surface area (Å²) in [5, 5.41) is 14.0. The molecule has 6 nitrogen and oxygen atoms in total. The Morgan fingerprint density at radius 3 is 2.84 bits per heavy atom. The molecule has 3 rings (SSSR count). The number of carbonyl (C=O) groups is 1. The van der Waals surface area contributed by atoms with Crippen molar-refractivity contribution in [3.8, 4) is 0 Å². The SMILES string of the molecule is CC1(C(=O)Nc2nnc(C3CCCN3)o2)CCCC1. The summed E-state index contributed by atoms with van der Waals surface area (Å²) in [5.41, 5.74) is -0.278. The summed E-state index contributed by atoms with van der Waals surface area (Å²) >= 11 is 0. The lowest BCUT2D eigenvalue weighted by molar-refractivity contribution is -0.124. The smallest absolute Gasteiger partial charge is 0.322 e. The average molecular weight is 264 g/mol. The number of nitrogens with one attached hydrogen (secondary N) is 2. The molecule has 0 radical (unpaired) electrons. The largest absolute Gasteiger partial charge is 0.406 e. The third-order valence-electron chi connectivity index (χ3n) is 4.27. The molecule has 104 valence electrons. The van der Waals surface area contributed by atoms with E-state index in [2.05, 4.69) is 20.8 Å². The van der Waals surface area contributed by atoms with Crippen LogP contribution in [0.1, 0.15) is 57.4 Å². The molecular weight excluding hydrogens is 244 g/mol. The molecule has 1 aliphatic heterocycles. The molecular formula is C13H20N4O2. The maximum atomic E-state index is 12.2. The Kier molecular flexibility index (Phi) is 3.26. The van der Waals surface area contributed by atoms with Crippen LogP contribution in [0.4, 0.5) is 6.01 Å². The third kappa shape index (κ3) is 2.49. The topological polar surface area (TPSA) is 80.0 Å². The van der Waals surface area contributed by atoms with Gasteiger partial charge in [0.25, 0.3) is 0 Å². The van der Waals surface area contributed by atoms with Crippen molar-refractivity contribution in [3.63, 3.8) is 0 Å². The maximum absolute atomic E-state index is 12.2. The Bertz CT molecular complexity index is 459. The van der Waals surface area contributed by atoms with Gasteiger partial charge in [-0.3, -0.25) is 10.1 Å². The van der Waals surface area contributed by atoms with Gasteiger partial charge in [-0.1, -0.05) is 24.9 Å². The molecule has 6 heteroatoms. The minimum absolute atomic E-state index is 0.000388. The van der Waals surface area contributed by atoms with E-state index in [4.69, 9.17) is 4.42 Å². The Morgan fingerprint density at radius 1 is 1.37 bits per heavy atom. The molecule has 1 aliphatic carbocycles. The molecule has 0 bridgehead atoms. The van der Waals surface area contributed by atoms with Crippen LogP contribution in [0.15, 0.2) is 4.42 Å². The summed E-state index contributed by atoms with van der Waals surface area (Å²) in [5.74, 6) is 0.573. The number of aromatic nitrogens is 2. The molecule has 2 fully saturated rings. The predicted octanol–water partition coefficient (Wildman–Crippen LogP) is 2.01. The van der Waals surface area contributed by atoms with E-state index in [1.807, 2.05) is 6.92 Å². The van der Waals surface area contributed by atoms with Gasteiger partial charge in [0.05, 0.1) is 6.04 Å². The van der Waals surface area contributed by atoms with Crippen molar-refractivity contribution in [2.45, 2.75) is 51.5 Å². The second-order valence-electron chi connectivity index (χ2n) is 5.82. The number of hydrogen-bond acceptors (Lipinski definition) is 5. The zero-order chi connectivity index (χ0) is 13.3. The van der Waals surface area contributed by atoms with E-state index in [-0.39, 0.29) is 23.4 Å². The van der Waals surface area contributed by atoms with Gasteiger partial charge in [-0.25, -0.2) is 0 Å². The lowest BCUT2D eigenvalue weighted by Gasteiger charge is -2.20. The van der Waals surface area contributed by atoms with Crippen LogP contribution in [0.25, 0.3) is 0 Å². The second-order valence-corrected chi connectivity index (χ2v) is 5.82. The van der Waals surface area contributed by atoms with Gasteiger partial charge in [0, 0.05) is 5.41 Å². The van der Waals surface area contributed by atoms with E-state index in [0.29, 0.717) is 5.89 Å². The maximum Gasteiger partial charge on any atom is 0.322 e. The monoisotopic (exact) mass is 264 g/mol. The fourth-order valence-electron chi connectivity index (χ4n) is 2.95. The van der Waals surface area contributed by atoms with Gasteiger partial charge < -0.3 is 9.73 Å². The Labute approximate surface area is 112 Å². The molecule has 2 heterocycles. The van der Waals surface area contributed by atoms with Crippen LogP contribution in [-0.4, -0.2) is 22.6 Å². The van der Waals surface area contributed by atoms with Gasteiger partial charge in [0.1, 0.15) is 0 Å². The molecule has 0 spiro atoms. The summed E-state index contributed by atoms with van der Waals surface area (Å²) in [6.45, 7) is 2.98. The molecule has 1 aromatic rings. The van der Waals surface area contributed by atoms with Gasteiger partial charge >= 0.3 is 6.01 Å². The first-order valence-corrected chi connectivity index (χ1v) is 7.06. The molecule has 1 amide bonds. The molecule has 1 aromatic heterocycles. The minimum atomic E-state index is -0.278.